The molecule has 0 fully saturated rings. The Labute approximate surface area is 166 Å². The standard InChI is InChI=1S/C19H19ClN4O2S/c1-12(25)21-13-7-8-15(14(20)9-13)23-19(26)10-24-17-6-4-3-5-16(17)22-18(24)11-27-2/h3-9H,10-11H2,1-2H3,(H,21,25)(H,23,26). The number of carbonyl (C=O) groups is 2. The molecule has 2 N–H and O–H groups in total. The highest BCUT2D eigenvalue weighted by Gasteiger charge is 2.14. The van der Waals surface area contributed by atoms with Crippen LogP contribution in [-0.2, 0) is 21.9 Å². The molecule has 6 nitrogen and oxygen atoms in total. The molecule has 0 saturated carbocycles. The Morgan fingerprint density at radius 2 is 1.96 bits per heavy atom. The van der Waals surface area contributed by atoms with Crippen molar-refractivity contribution in [2.24, 2.45) is 0 Å². The lowest BCUT2D eigenvalue weighted by Gasteiger charge is -2.12. The van der Waals surface area contributed by atoms with Gasteiger partial charge in [0.25, 0.3) is 0 Å². The minimum Gasteiger partial charge on any atom is -0.326 e. The molecule has 3 aromatic rings. The van der Waals surface area contributed by atoms with Crippen LogP contribution in [0.3, 0.4) is 0 Å². The third-order valence-corrected chi connectivity index (χ3v) is 4.73. The number of nitrogens with zero attached hydrogens (tertiary/aromatic N) is 2. The lowest BCUT2D eigenvalue weighted by atomic mass is 10.2. The molecule has 0 aliphatic carbocycles. The van der Waals surface area contributed by atoms with Crippen LogP contribution in [0, 0.1) is 0 Å². The van der Waals surface area contributed by atoms with E-state index in [-0.39, 0.29) is 18.4 Å². The van der Waals surface area contributed by atoms with Gasteiger partial charge in [0.2, 0.25) is 11.8 Å². The highest BCUT2D eigenvalue weighted by atomic mass is 35.5. The van der Waals surface area contributed by atoms with E-state index in [0.717, 1.165) is 16.9 Å². The largest absolute Gasteiger partial charge is 0.326 e. The van der Waals surface area contributed by atoms with E-state index in [2.05, 4.69) is 15.6 Å². The van der Waals surface area contributed by atoms with E-state index in [0.29, 0.717) is 22.2 Å². The van der Waals surface area contributed by atoms with Gasteiger partial charge in [-0.3, -0.25) is 9.59 Å². The second-order valence-corrected chi connectivity index (χ2v) is 7.23. The van der Waals surface area contributed by atoms with Gasteiger partial charge in [0.1, 0.15) is 12.4 Å². The van der Waals surface area contributed by atoms with Crippen molar-refractivity contribution >= 4 is 57.6 Å². The number of imidazole rings is 1. The van der Waals surface area contributed by atoms with Gasteiger partial charge < -0.3 is 15.2 Å². The lowest BCUT2D eigenvalue weighted by molar-refractivity contribution is -0.117. The third kappa shape index (κ3) is 4.61. The zero-order valence-corrected chi connectivity index (χ0v) is 16.5. The molecule has 0 atom stereocenters. The second kappa shape index (κ2) is 8.45. The number of fused-ring (bicyclic) bond motifs is 1. The summed E-state index contributed by atoms with van der Waals surface area (Å²) in [7, 11) is 0. The SMILES string of the molecule is CSCc1nc2ccccc2n1CC(=O)Nc1ccc(NC(C)=O)cc1Cl. The fourth-order valence-electron chi connectivity index (χ4n) is 2.77. The Morgan fingerprint density at radius 3 is 2.67 bits per heavy atom. The molecule has 27 heavy (non-hydrogen) atoms. The molecule has 2 aromatic carbocycles. The van der Waals surface area contributed by atoms with Crippen LogP contribution in [0.25, 0.3) is 11.0 Å². The number of hydrogen-bond acceptors (Lipinski definition) is 4. The van der Waals surface area contributed by atoms with Gasteiger partial charge in [-0.2, -0.15) is 11.8 Å². The van der Waals surface area contributed by atoms with Crippen molar-refractivity contribution in [1.82, 2.24) is 9.55 Å². The average Bonchev–Trinajstić information content (AvgIpc) is 2.95. The molecule has 1 heterocycles. The van der Waals surface area contributed by atoms with E-state index < -0.39 is 0 Å². The molecule has 0 unspecified atom stereocenters. The number of rotatable bonds is 6. The number of amides is 2. The summed E-state index contributed by atoms with van der Waals surface area (Å²) in [5, 5.41) is 5.83. The zero-order valence-electron chi connectivity index (χ0n) is 15.0. The van der Waals surface area contributed by atoms with Crippen LogP contribution in [0.2, 0.25) is 5.02 Å². The molecule has 0 bridgehead atoms. The monoisotopic (exact) mass is 402 g/mol. The van der Waals surface area contributed by atoms with Crippen LogP contribution >= 0.6 is 23.4 Å². The van der Waals surface area contributed by atoms with Crippen LogP contribution in [0.1, 0.15) is 12.7 Å². The highest BCUT2D eigenvalue weighted by Crippen LogP contribution is 2.26. The van der Waals surface area contributed by atoms with E-state index >= 15 is 0 Å². The van der Waals surface area contributed by atoms with Gasteiger partial charge in [0.05, 0.1) is 27.5 Å². The maximum atomic E-state index is 12.6. The molecule has 0 saturated heterocycles. The van der Waals surface area contributed by atoms with Crippen LogP contribution < -0.4 is 10.6 Å². The second-order valence-electron chi connectivity index (χ2n) is 5.96. The van der Waals surface area contributed by atoms with Crippen molar-refractivity contribution in [3.8, 4) is 0 Å². The minimum absolute atomic E-state index is 0.139. The third-order valence-electron chi connectivity index (χ3n) is 3.87. The summed E-state index contributed by atoms with van der Waals surface area (Å²) >= 11 is 7.88. The van der Waals surface area contributed by atoms with Crippen LogP contribution in [0.4, 0.5) is 11.4 Å². The highest BCUT2D eigenvalue weighted by molar-refractivity contribution is 7.97. The summed E-state index contributed by atoms with van der Waals surface area (Å²) in [5.74, 6) is 1.19. The molecular formula is C19H19ClN4O2S. The molecule has 8 heteroatoms. The van der Waals surface area contributed by atoms with Gasteiger partial charge in [-0.15, -0.1) is 0 Å². The number of aromatic nitrogens is 2. The van der Waals surface area contributed by atoms with Gasteiger partial charge >= 0.3 is 0 Å². The molecule has 1 aromatic heterocycles. The fourth-order valence-corrected chi connectivity index (χ4v) is 3.48. The number of thioether (sulfide) groups is 1. The Balaban J connectivity index is 1.79. The first-order valence-electron chi connectivity index (χ1n) is 8.28. The molecule has 0 aliphatic heterocycles. The predicted molar refractivity (Wildman–Crippen MR) is 111 cm³/mol. The van der Waals surface area contributed by atoms with Gasteiger partial charge in [-0.1, -0.05) is 23.7 Å². The van der Waals surface area contributed by atoms with Gasteiger partial charge in [0.15, 0.2) is 0 Å². The Kier molecular flexibility index (Phi) is 6.03. The number of nitrogens with one attached hydrogen (secondary N) is 2. The maximum Gasteiger partial charge on any atom is 0.244 e. The van der Waals surface area contributed by atoms with Crippen molar-refractivity contribution in [2.45, 2.75) is 19.2 Å². The molecule has 0 aliphatic rings. The first-order chi connectivity index (χ1) is 13.0. The Morgan fingerprint density at radius 1 is 1.19 bits per heavy atom. The van der Waals surface area contributed by atoms with E-state index in [1.807, 2.05) is 35.1 Å². The fraction of sp³-hybridized carbons (Fsp3) is 0.211. The number of halogens is 1. The first-order valence-corrected chi connectivity index (χ1v) is 10.0. The van der Waals surface area contributed by atoms with Gasteiger partial charge in [-0.05, 0) is 36.6 Å². The minimum atomic E-state index is -0.199. The average molecular weight is 403 g/mol. The Hall–Kier alpha value is -2.51. The van der Waals surface area contributed by atoms with Crippen LogP contribution in [0.15, 0.2) is 42.5 Å². The van der Waals surface area contributed by atoms with Crippen LogP contribution in [0.5, 0.6) is 0 Å². The molecule has 0 spiro atoms. The van der Waals surface area contributed by atoms with Crippen LogP contribution in [-0.4, -0.2) is 27.6 Å². The summed E-state index contributed by atoms with van der Waals surface area (Å²) in [6, 6.07) is 12.7. The lowest BCUT2D eigenvalue weighted by Crippen LogP contribution is -2.20. The topological polar surface area (TPSA) is 76.0 Å². The van der Waals surface area contributed by atoms with Crippen molar-refractivity contribution < 1.29 is 9.59 Å². The summed E-state index contributed by atoms with van der Waals surface area (Å²) in [5.41, 5.74) is 2.86. The van der Waals surface area contributed by atoms with Crippen molar-refractivity contribution in [1.29, 1.82) is 0 Å². The molecule has 0 radical (unpaired) electrons. The number of para-hydroxylation sites is 2. The number of carbonyl (C=O) groups excluding carboxylic acids is 2. The number of hydrogen-bond donors (Lipinski definition) is 2. The van der Waals surface area contributed by atoms with Gasteiger partial charge in [-0.25, -0.2) is 4.98 Å². The summed E-state index contributed by atoms with van der Waals surface area (Å²) in [6.45, 7) is 1.56. The number of benzene rings is 2. The quantitative estimate of drug-likeness (QED) is 0.649. The van der Waals surface area contributed by atoms with E-state index in [1.54, 1.807) is 30.0 Å². The van der Waals surface area contributed by atoms with E-state index in [9.17, 15) is 9.59 Å². The van der Waals surface area contributed by atoms with E-state index in [1.165, 1.54) is 6.92 Å². The molecule has 3 rings (SSSR count). The normalized spacial score (nSPS) is 10.8. The molecular weight excluding hydrogens is 384 g/mol. The predicted octanol–water partition coefficient (Wildman–Crippen LogP) is 4.15. The van der Waals surface area contributed by atoms with Crippen molar-refractivity contribution in [2.75, 3.05) is 16.9 Å². The summed E-state index contributed by atoms with van der Waals surface area (Å²) in [6.07, 6.45) is 2.00. The smallest absolute Gasteiger partial charge is 0.244 e. The maximum absolute atomic E-state index is 12.6. The Bertz CT molecular complexity index is 1000. The molecule has 140 valence electrons. The number of anilines is 2. The van der Waals surface area contributed by atoms with Gasteiger partial charge in [0, 0.05) is 12.6 Å². The summed E-state index contributed by atoms with van der Waals surface area (Å²) < 4.78 is 1.92. The summed E-state index contributed by atoms with van der Waals surface area (Å²) in [4.78, 5) is 28.3. The van der Waals surface area contributed by atoms with E-state index in [4.69, 9.17) is 11.6 Å². The zero-order chi connectivity index (χ0) is 19.4. The van der Waals surface area contributed by atoms with Crippen molar-refractivity contribution in [3.63, 3.8) is 0 Å². The van der Waals surface area contributed by atoms with Crippen molar-refractivity contribution in [3.05, 3.63) is 53.3 Å². The first kappa shape index (κ1) is 19.3. The molecule has 2 amide bonds.